The van der Waals surface area contributed by atoms with E-state index in [0.29, 0.717) is 46.2 Å². The molecule has 1 atom stereocenters. The van der Waals surface area contributed by atoms with Gasteiger partial charge in [-0.15, -0.1) is 0 Å². The molecule has 0 spiro atoms. The molecule has 7 nitrogen and oxygen atoms in total. The second-order valence-corrected chi connectivity index (χ2v) is 9.80. The molecule has 1 fully saturated rings. The Morgan fingerprint density at radius 1 is 1.03 bits per heavy atom. The quantitative estimate of drug-likeness (QED) is 0.369. The van der Waals surface area contributed by atoms with Gasteiger partial charge in [-0.25, -0.2) is 4.98 Å². The van der Waals surface area contributed by atoms with Crippen LogP contribution in [0.15, 0.2) is 66.7 Å². The lowest BCUT2D eigenvalue weighted by Crippen LogP contribution is -2.34. The molecule has 0 radical (unpaired) electrons. The predicted molar refractivity (Wildman–Crippen MR) is 136 cm³/mol. The number of hydrogen-bond donors (Lipinski definition) is 0. The first-order chi connectivity index (χ1) is 17.1. The summed E-state index contributed by atoms with van der Waals surface area (Å²) in [6.45, 7) is 1.22. The number of carbonyl (C=O) groups is 2. The van der Waals surface area contributed by atoms with Gasteiger partial charge in [-0.05, 0) is 42.5 Å². The molecule has 3 heterocycles. The Morgan fingerprint density at radius 2 is 1.86 bits per heavy atom. The third-order valence-corrected chi connectivity index (χ3v) is 7.33. The van der Waals surface area contributed by atoms with Crippen LogP contribution in [0.3, 0.4) is 0 Å². The standard InChI is InChI=1S/C26H20ClN3O4S/c27-17-4-3-5-19(13-17)30(26-28-20-6-1-2-7-23(20)35-26)25(32)16-12-24(31)29(15-16)18-8-9-21-22(14-18)34-11-10-33-21/h1-9,13-14,16H,10-12,15H2. The molecule has 0 saturated carbocycles. The first-order valence-corrected chi connectivity index (χ1v) is 12.4. The highest BCUT2D eigenvalue weighted by Gasteiger charge is 2.39. The summed E-state index contributed by atoms with van der Waals surface area (Å²) in [6, 6.07) is 20.3. The molecule has 35 heavy (non-hydrogen) atoms. The highest BCUT2D eigenvalue weighted by atomic mass is 35.5. The summed E-state index contributed by atoms with van der Waals surface area (Å²) in [5.41, 5.74) is 2.11. The van der Waals surface area contributed by atoms with Gasteiger partial charge in [0, 0.05) is 29.7 Å². The number of halogens is 1. The van der Waals surface area contributed by atoms with Gasteiger partial charge in [-0.1, -0.05) is 41.1 Å². The Morgan fingerprint density at radius 3 is 2.69 bits per heavy atom. The molecule has 2 amide bonds. The number of ether oxygens (including phenoxy) is 2. The van der Waals surface area contributed by atoms with Crippen molar-refractivity contribution in [2.75, 3.05) is 29.6 Å². The number of hydrogen-bond acceptors (Lipinski definition) is 6. The van der Waals surface area contributed by atoms with Crippen molar-refractivity contribution in [3.8, 4) is 11.5 Å². The Labute approximate surface area is 210 Å². The van der Waals surface area contributed by atoms with Crippen LogP contribution in [0.1, 0.15) is 6.42 Å². The molecule has 176 valence electrons. The number of fused-ring (bicyclic) bond motifs is 2. The SMILES string of the molecule is O=C1CC(C(=O)N(c2cccc(Cl)c2)c2nc3ccccc3s2)CN1c1ccc2c(c1)OCCO2. The third-order valence-electron chi connectivity index (χ3n) is 6.07. The molecule has 1 saturated heterocycles. The van der Waals surface area contributed by atoms with Gasteiger partial charge in [-0.3, -0.25) is 14.5 Å². The number of anilines is 3. The first-order valence-electron chi connectivity index (χ1n) is 11.2. The van der Waals surface area contributed by atoms with Crippen molar-refractivity contribution in [3.63, 3.8) is 0 Å². The highest BCUT2D eigenvalue weighted by molar-refractivity contribution is 7.22. The average molecular weight is 506 g/mol. The zero-order valence-electron chi connectivity index (χ0n) is 18.5. The van der Waals surface area contributed by atoms with Crippen LogP contribution in [0, 0.1) is 5.92 Å². The first kappa shape index (κ1) is 21.9. The minimum atomic E-state index is -0.540. The summed E-state index contributed by atoms with van der Waals surface area (Å²) < 4.78 is 12.2. The number of rotatable bonds is 4. The lowest BCUT2D eigenvalue weighted by atomic mass is 10.1. The van der Waals surface area contributed by atoms with Gasteiger partial charge in [-0.2, -0.15) is 0 Å². The maximum absolute atomic E-state index is 13.9. The van der Waals surface area contributed by atoms with Crippen molar-refractivity contribution >= 4 is 61.5 Å². The molecule has 1 unspecified atom stereocenters. The molecule has 0 aliphatic carbocycles. The van der Waals surface area contributed by atoms with Crippen molar-refractivity contribution in [1.29, 1.82) is 0 Å². The number of aromatic nitrogens is 1. The lowest BCUT2D eigenvalue weighted by Gasteiger charge is -2.24. The summed E-state index contributed by atoms with van der Waals surface area (Å²) in [6.07, 6.45) is 0.106. The zero-order chi connectivity index (χ0) is 23.9. The Kier molecular flexibility index (Phi) is 5.54. The lowest BCUT2D eigenvalue weighted by molar-refractivity contribution is -0.123. The van der Waals surface area contributed by atoms with Gasteiger partial charge >= 0.3 is 0 Å². The fourth-order valence-corrected chi connectivity index (χ4v) is 5.58. The van der Waals surface area contributed by atoms with E-state index in [1.807, 2.05) is 36.4 Å². The molecule has 6 rings (SSSR count). The highest BCUT2D eigenvalue weighted by Crippen LogP contribution is 2.39. The number of carbonyl (C=O) groups excluding carboxylic acids is 2. The molecule has 4 aromatic rings. The number of benzene rings is 3. The van der Waals surface area contributed by atoms with Crippen molar-refractivity contribution in [3.05, 3.63) is 71.8 Å². The van der Waals surface area contributed by atoms with Crippen molar-refractivity contribution < 1.29 is 19.1 Å². The van der Waals surface area contributed by atoms with Crippen molar-refractivity contribution in [1.82, 2.24) is 4.98 Å². The number of thiazole rings is 1. The van der Waals surface area contributed by atoms with Gasteiger partial charge < -0.3 is 14.4 Å². The summed E-state index contributed by atoms with van der Waals surface area (Å²) in [7, 11) is 0. The average Bonchev–Trinajstić information content (AvgIpc) is 3.47. The minimum absolute atomic E-state index is 0.106. The number of para-hydroxylation sites is 1. The van der Waals surface area contributed by atoms with Gasteiger partial charge in [0.05, 0.1) is 21.8 Å². The minimum Gasteiger partial charge on any atom is -0.486 e. The molecule has 3 aromatic carbocycles. The van der Waals surface area contributed by atoms with E-state index in [-0.39, 0.29) is 24.8 Å². The largest absolute Gasteiger partial charge is 0.486 e. The second kappa shape index (κ2) is 8.87. The van der Waals surface area contributed by atoms with Crippen LogP contribution in [0.5, 0.6) is 11.5 Å². The van der Waals surface area contributed by atoms with Crippen LogP contribution in [-0.2, 0) is 9.59 Å². The topological polar surface area (TPSA) is 72.0 Å². The van der Waals surface area contributed by atoms with E-state index in [2.05, 4.69) is 0 Å². The van der Waals surface area contributed by atoms with Gasteiger partial charge in [0.2, 0.25) is 11.8 Å². The summed E-state index contributed by atoms with van der Waals surface area (Å²) in [5.74, 6) is 0.408. The summed E-state index contributed by atoms with van der Waals surface area (Å²) >= 11 is 7.69. The van der Waals surface area contributed by atoms with Crippen molar-refractivity contribution in [2.24, 2.45) is 5.92 Å². The molecule has 2 aliphatic heterocycles. The fraction of sp³-hybridized carbons (Fsp3) is 0.192. The second-order valence-electron chi connectivity index (χ2n) is 8.35. The zero-order valence-corrected chi connectivity index (χ0v) is 20.1. The predicted octanol–water partition coefficient (Wildman–Crippen LogP) is 5.44. The molecule has 1 aromatic heterocycles. The molecule has 9 heteroatoms. The van der Waals surface area contributed by atoms with Crippen LogP contribution < -0.4 is 19.3 Å². The summed E-state index contributed by atoms with van der Waals surface area (Å²) in [5, 5.41) is 1.06. The Bertz CT molecular complexity index is 1420. The summed E-state index contributed by atoms with van der Waals surface area (Å²) in [4.78, 5) is 34.8. The molecular weight excluding hydrogens is 486 g/mol. The smallest absolute Gasteiger partial charge is 0.238 e. The van der Waals surface area contributed by atoms with Gasteiger partial charge in [0.1, 0.15) is 13.2 Å². The molecule has 0 bridgehead atoms. The van der Waals surface area contributed by atoms with Crippen LogP contribution in [0.25, 0.3) is 10.2 Å². The number of nitrogens with zero attached hydrogens (tertiary/aromatic N) is 3. The normalized spacial score (nSPS) is 17.1. The van der Waals surface area contributed by atoms with E-state index in [0.717, 1.165) is 10.2 Å². The molecule has 0 N–H and O–H groups in total. The van der Waals surface area contributed by atoms with E-state index in [1.165, 1.54) is 11.3 Å². The maximum Gasteiger partial charge on any atom is 0.238 e. The maximum atomic E-state index is 13.9. The Hall–Kier alpha value is -3.62. The van der Waals surface area contributed by atoms with E-state index >= 15 is 0 Å². The van der Waals surface area contributed by atoms with Crippen LogP contribution >= 0.6 is 22.9 Å². The molecular formula is C26H20ClN3O4S. The number of amides is 2. The van der Waals surface area contributed by atoms with E-state index in [4.69, 9.17) is 26.1 Å². The van der Waals surface area contributed by atoms with Crippen LogP contribution in [0.4, 0.5) is 16.5 Å². The molecule has 2 aliphatic rings. The van der Waals surface area contributed by atoms with E-state index in [9.17, 15) is 9.59 Å². The third kappa shape index (κ3) is 4.09. The van der Waals surface area contributed by atoms with E-state index < -0.39 is 5.92 Å². The Balaban J connectivity index is 1.33. The fourth-order valence-electron chi connectivity index (χ4n) is 4.41. The van der Waals surface area contributed by atoms with Gasteiger partial charge in [0.25, 0.3) is 0 Å². The van der Waals surface area contributed by atoms with Crippen molar-refractivity contribution in [2.45, 2.75) is 6.42 Å². The van der Waals surface area contributed by atoms with Gasteiger partial charge in [0.15, 0.2) is 16.6 Å². The van der Waals surface area contributed by atoms with Crippen LogP contribution in [-0.4, -0.2) is 36.6 Å². The van der Waals surface area contributed by atoms with Crippen LogP contribution in [0.2, 0.25) is 5.02 Å². The van der Waals surface area contributed by atoms with E-state index in [1.54, 1.807) is 40.1 Å². The monoisotopic (exact) mass is 505 g/mol.